The summed E-state index contributed by atoms with van der Waals surface area (Å²) in [4.78, 5) is 32.3. The molecule has 156 valence electrons. The lowest BCUT2D eigenvalue weighted by molar-refractivity contribution is -0.394. The van der Waals surface area contributed by atoms with Crippen LogP contribution in [0.4, 0.5) is 15.8 Å². The molecular formula is C20H13FN4O6. The van der Waals surface area contributed by atoms with Crippen molar-refractivity contribution in [1.29, 1.82) is 0 Å². The zero-order valence-corrected chi connectivity index (χ0v) is 15.6. The highest BCUT2D eigenvalue weighted by Gasteiger charge is 2.21. The maximum Gasteiger partial charge on any atom is 0.318 e. The van der Waals surface area contributed by atoms with E-state index in [4.69, 9.17) is 4.74 Å². The molecule has 0 heterocycles. The number of nitrogens with zero attached hydrogens (tertiary/aromatic N) is 3. The number of nitrogens with one attached hydrogen (secondary N) is 1. The van der Waals surface area contributed by atoms with E-state index in [0.717, 1.165) is 30.3 Å². The summed E-state index contributed by atoms with van der Waals surface area (Å²) in [5, 5.41) is 25.8. The summed E-state index contributed by atoms with van der Waals surface area (Å²) in [5.41, 5.74) is 2.17. The summed E-state index contributed by atoms with van der Waals surface area (Å²) >= 11 is 0. The van der Waals surface area contributed by atoms with Crippen LogP contribution in [-0.2, 0) is 0 Å². The molecule has 0 radical (unpaired) electrons. The summed E-state index contributed by atoms with van der Waals surface area (Å²) < 4.78 is 18.3. The van der Waals surface area contributed by atoms with Crippen molar-refractivity contribution in [2.24, 2.45) is 5.10 Å². The van der Waals surface area contributed by atoms with Crippen molar-refractivity contribution >= 4 is 23.5 Å². The van der Waals surface area contributed by atoms with Gasteiger partial charge in [-0.1, -0.05) is 0 Å². The number of carbonyl (C=O) groups excluding carboxylic acids is 1. The van der Waals surface area contributed by atoms with Gasteiger partial charge in [-0.05, 0) is 60.2 Å². The van der Waals surface area contributed by atoms with Gasteiger partial charge in [0, 0.05) is 11.6 Å². The monoisotopic (exact) mass is 424 g/mol. The van der Waals surface area contributed by atoms with Crippen LogP contribution >= 0.6 is 0 Å². The number of ether oxygens (including phenoxy) is 1. The second kappa shape index (κ2) is 9.22. The number of hydrogen-bond acceptors (Lipinski definition) is 7. The van der Waals surface area contributed by atoms with Crippen LogP contribution in [0.3, 0.4) is 0 Å². The third kappa shape index (κ3) is 5.44. The lowest BCUT2D eigenvalue weighted by Crippen LogP contribution is -2.17. The fourth-order valence-electron chi connectivity index (χ4n) is 2.43. The Hall–Kier alpha value is -4.67. The minimum atomic E-state index is -0.771. The average Bonchev–Trinajstić information content (AvgIpc) is 2.75. The molecule has 0 bridgehead atoms. The highest BCUT2D eigenvalue weighted by molar-refractivity contribution is 5.94. The van der Waals surface area contributed by atoms with E-state index < -0.39 is 32.9 Å². The summed E-state index contributed by atoms with van der Waals surface area (Å²) in [5.74, 6) is -0.865. The Labute approximate surface area is 173 Å². The lowest BCUT2D eigenvalue weighted by atomic mass is 10.2. The normalized spacial score (nSPS) is 10.6. The third-order valence-electron chi connectivity index (χ3n) is 3.94. The highest BCUT2D eigenvalue weighted by Crippen LogP contribution is 2.34. The van der Waals surface area contributed by atoms with Crippen molar-refractivity contribution in [3.8, 4) is 11.5 Å². The van der Waals surface area contributed by atoms with Gasteiger partial charge >= 0.3 is 5.69 Å². The van der Waals surface area contributed by atoms with E-state index in [1.165, 1.54) is 30.5 Å². The van der Waals surface area contributed by atoms with E-state index >= 15 is 0 Å². The Kier molecular flexibility index (Phi) is 6.26. The van der Waals surface area contributed by atoms with E-state index in [9.17, 15) is 29.4 Å². The molecule has 11 heteroatoms. The Morgan fingerprint density at radius 3 is 2.26 bits per heavy atom. The molecule has 0 aromatic heterocycles. The Balaban J connectivity index is 1.66. The average molecular weight is 424 g/mol. The number of hydrogen-bond donors (Lipinski definition) is 1. The van der Waals surface area contributed by atoms with Crippen molar-refractivity contribution in [3.63, 3.8) is 0 Å². The molecule has 0 aliphatic rings. The highest BCUT2D eigenvalue weighted by atomic mass is 19.1. The first-order valence-corrected chi connectivity index (χ1v) is 8.63. The first-order chi connectivity index (χ1) is 14.8. The van der Waals surface area contributed by atoms with E-state index in [1.54, 1.807) is 12.1 Å². The third-order valence-corrected chi connectivity index (χ3v) is 3.94. The Bertz CT molecular complexity index is 1160. The van der Waals surface area contributed by atoms with Gasteiger partial charge in [-0.2, -0.15) is 5.10 Å². The van der Waals surface area contributed by atoms with Gasteiger partial charge in [-0.15, -0.1) is 0 Å². The van der Waals surface area contributed by atoms with Gasteiger partial charge in [0.15, 0.2) is 0 Å². The first-order valence-electron chi connectivity index (χ1n) is 8.63. The van der Waals surface area contributed by atoms with Gasteiger partial charge in [-0.3, -0.25) is 25.0 Å². The minimum Gasteiger partial charge on any atom is -0.450 e. The smallest absolute Gasteiger partial charge is 0.318 e. The topological polar surface area (TPSA) is 137 Å². The van der Waals surface area contributed by atoms with Gasteiger partial charge in [0.25, 0.3) is 11.6 Å². The second-order valence-electron chi connectivity index (χ2n) is 6.04. The number of nitro benzene ring substituents is 2. The number of rotatable bonds is 7. The number of amides is 1. The summed E-state index contributed by atoms with van der Waals surface area (Å²) in [6, 6.07) is 14.2. The van der Waals surface area contributed by atoms with Gasteiger partial charge in [-0.25, -0.2) is 9.82 Å². The molecule has 3 rings (SSSR count). The summed E-state index contributed by atoms with van der Waals surface area (Å²) in [6.45, 7) is 0. The van der Waals surface area contributed by atoms with Gasteiger partial charge in [0.1, 0.15) is 11.6 Å². The number of halogens is 1. The van der Waals surface area contributed by atoms with Crippen LogP contribution in [0.5, 0.6) is 11.5 Å². The SMILES string of the molecule is O=C(N/N=C\c1ccc(Oc2ccc([N+](=O)[O-])cc2[N+](=O)[O-])cc1)c1ccc(F)cc1. The molecular weight excluding hydrogens is 411 g/mol. The molecule has 1 amide bonds. The van der Waals surface area contributed by atoms with Crippen LogP contribution in [0, 0.1) is 26.0 Å². The fraction of sp³-hybridized carbons (Fsp3) is 0. The van der Waals surface area contributed by atoms with Crippen molar-refractivity contribution in [2.75, 3.05) is 0 Å². The van der Waals surface area contributed by atoms with Crippen molar-refractivity contribution in [2.45, 2.75) is 0 Å². The molecule has 0 unspecified atom stereocenters. The van der Waals surface area contributed by atoms with Crippen LogP contribution in [0.25, 0.3) is 0 Å². The van der Waals surface area contributed by atoms with Crippen molar-refractivity contribution < 1.29 is 23.8 Å². The zero-order valence-electron chi connectivity index (χ0n) is 15.6. The fourth-order valence-corrected chi connectivity index (χ4v) is 2.43. The number of benzene rings is 3. The maximum atomic E-state index is 12.9. The predicted molar refractivity (Wildman–Crippen MR) is 108 cm³/mol. The van der Waals surface area contributed by atoms with Crippen LogP contribution in [-0.4, -0.2) is 22.0 Å². The van der Waals surface area contributed by atoms with Crippen LogP contribution in [0.15, 0.2) is 71.8 Å². The van der Waals surface area contributed by atoms with Gasteiger partial charge in [0.2, 0.25) is 5.75 Å². The molecule has 3 aromatic rings. The van der Waals surface area contributed by atoms with Crippen LogP contribution in [0.1, 0.15) is 15.9 Å². The predicted octanol–water partition coefficient (Wildman–Crippen LogP) is 4.20. The number of nitro groups is 2. The van der Waals surface area contributed by atoms with E-state index in [0.29, 0.717) is 5.56 Å². The van der Waals surface area contributed by atoms with Crippen LogP contribution < -0.4 is 10.2 Å². The number of carbonyl (C=O) groups is 1. The molecule has 1 N–H and O–H groups in total. The van der Waals surface area contributed by atoms with Gasteiger partial charge in [0.05, 0.1) is 22.1 Å². The van der Waals surface area contributed by atoms with Crippen LogP contribution in [0.2, 0.25) is 0 Å². The number of hydrazone groups is 1. The van der Waals surface area contributed by atoms with Crippen molar-refractivity contribution in [1.82, 2.24) is 5.43 Å². The quantitative estimate of drug-likeness (QED) is 0.343. The molecule has 31 heavy (non-hydrogen) atoms. The molecule has 0 fully saturated rings. The molecule has 0 atom stereocenters. The molecule has 0 spiro atoms. The minimum absolute atomic E-state index is 0.149. The summed E-state index contributed by atoms with van der Waals surface area (Å²) in [7, 11) is 0. The molecule has 10 nitrogen and oxygen atoms in total. The van der Waals surface area contributed by atoms with Gasteiger partial charge < -0.3 is 4.74 Å². The molecule has 0 aliphatic carbocycles. The standard InChI is InChI=1S/C20H13FN4O6/c21-15-5-3-14(4-6-15)20(26)23-22-12-13-1-8-17(9-2-13)31-19-10-7-16(24(27)28)11-18(19)25(29)30/h1-12H,(H,23,26)/b22-12-. The Morgan fingerprint density at radius 2 is 1.65 bits per heavy atom. The largest absolute Gasteiger partial charge is 0.450 e. The number of non-ortho nitro benzene ring substituents is 1. The second-order valence-corrected chi connectivity index (χ2v) is 6.04. The molecule has 0 saturated carbocycles. The summed E-state index contributed by atoms with van der Waals surface area (Å²) in [6.07, 6.45) is 1.36. The van der Waals surface area contributed by atoms with E-state index in [2.05, 4.69) is 10.5 Å². The maximum absolute atomic E-state index is 12.9. The Morgan fingerprint density at radius 1 is 0.968 bits per heavy atom. The van der Waals surface area contributed by atoms with Crippen molar-refractivity contribution in [3.05, 3.63) is 104 Å². The lowest BCUT2D eigenvalue weighted by Gasteiger charge is -2.06. The molecule has 0 saturated heterocycles. The first kappa shape index (κ1) is 21.0. The van der Waals surface area contributed by atoms with E-state index in [-0.39, 0.29) is 17.1 Å². The molecule has 0 aliphatic heterocycles. The zero-order chi connectivity index (χ0) is 22.4. The van der Waals surface area contributed by atoms with E-state index in [1.807, 2.05) is 0 Å². The molecule has 3 aromatic carbocycles.